The number of ether oxygens (including phenoxy) is 3. The quantitative estimate of drug-likeness (QED) is 0.927. The van der Waals surface area contributed by atoms with Crippen LogP contribution in [-0.4, -0.2) is 37.4 Å². The van der Waals surface area contributed by atoms with Gasteiger partial charge < -0.3 is 19.9 Å². The second-order valence-corrected chi connectivity index (χ2v) is 6.84. The molecule has 0 spiro atoms. The first-order valence-electron chi connectivity index (χ1n) is 7.67. The van der Waals surface area contributed by atoms with Crippen LogP contribution in [0, 0.1) is 0 Å². The van der Waals surface area contributed by atoms with Gasteiger partial charge in [-0.2, -0.15) is 11.8 Å². The summed E-state index contributed by atoms with van der Waals surface area (Å²) in [6.45, 7) is 3.20. The van der Waals surface area contributed by atoms with Crippen LogP contribution in [0.1, 0.15) is 30.9 Å². The zero-order chi connectivity index (χ0) is 14.5. The van der Waals surface area contributed by atoms with Crippen molar-refractivity contribution in [3.05, 3.63) is 23.8 Å². The van der Waals surface area contributed by atoms with E-state index in [1.165, 1.54) is 0 Å². The molecule has 0 bridgehead atoms. The molecular formula is C16H23NO3S. The summed E-state index contributed by atoms with van der Waals surface area (Å²) < 4.78 is 16.8. The molecule has 4 nitrogen and oxygen atoms in total. The van der Waals surface area contributed by atoms with E-state index in [0.29, 0.717) is 11.9 Å². The highest BCUT2D eigenvalue weighted by atomic mass is 32.2. The fourth-order valence-corrected chi connectivity index (χ4v) is 3.79. The van der Waals surface area contributed by atoms with Crippen molar-refractivity contribution in [1.29, 1.82) is 0 Å². The van der Waals surface area contributed by atoms with E-state index in [9.17, 15) is 0 Å². The topological polar surface area (TPSA) is 53.7 Å². The number of hydrogen-bond donors (Lipinski definition) is 1. The maximum absolute atomic E-state index is 6.34. The molecule has 1 unspecified atom stereocenters. The fraction of sp³-hybridized carbons (Fsp3) is 0.625. The predicted octanol–water partition coefficient (Wildman–Crippen LogP) is 2.76. The van der Waals surface area contributed by atoms with Gasteiger partial charge in [-0.25, -0.2) is 0 Å². The van der Waals surface area contributed by atoms with Crippen LogP contribution in [0.3, 0.4) is 0 Å². The van der Waals surface area contributed by atoms with Crippen LogP contribution in [0.5, 0.6) is 11.5 Å². The lowest BCUT2D eigenvalue weighted by molar-refractivity contribution is 0.1000. The summed E-state index contributed by atoms with van der Waals surface area (Å²) in [6, 6.07) is 6.11. The van der Waals surface area contributed by atoms with Crippen molar-refractivity contribution in [2.24, 2.45) is 5.73 Å². The van der Waals surface area contributed by atoms with Crippen molar-refractivity contribution >= 4 is 11.8 Å². The first kappa shape index (κ1) is 15.0. The van der Waals surface area contributed by atoms with Crippen LogP contribution < -0.4 is 15.2 Å². The van der Waals surface area contributed by atoms with Gasteiger partial charge in [0.25, 0.3) is 0 Å². The molecule has 2 aliphatic rings. The van der Waals surface area contributed by atoms with Crippen molar-refractivity contribution < 1.29 is 14.2 Å². The molecule has 2 heterocycles. The van der Waals surface area contributed by atoms with E-state index in [2.05, 4.69) is 6.07 Å². The van der Waals surface area contributed by atoms with Gasteiger partial charge in [0.05, 0.1) is 13.2 Å². The van der Waals surface area contributed by atoms with Gasteiger partial charge in [-0.3, -0.25) is 0 Å². The molecule has 5 heteroatoms. The van der Waals surface area contributed by atoms with Crippen molar-refractivity contribution in [2.45, 2.75) is 30.6 Å². The Morgan fingerprint density at radius 3 is 2.67 bits per heavy atom. The Morgan fingerprint density at radius 1 is 1.10 bits per heavy atom. The minimum Gasteiger partial charge on any atom is -0.490 e. The van der Waals surface area contributed by atoms with E-state index in [4.69, 9.17) is 19.9 Å². The highest BCUT2D eigenvalue weighted by Crippen LogP contribution is 2.33. The highest BCUT2D eigenvalue weighted by Gasteiger charge is 2.18. The van der Waals surface area contributed by atoms with E-state index >= 15 is 0 Å². The highest BCUT2D eigenvalue weighted by molar-refractivity contribution is 7.99. The molecule has 1 fully saturated rings. The van der Waals surface area contributed by atoms with Gasteiger partial charge in [-0.05, 0) is 30.5 Å². The van der Waals surface area contributed by atoms with Gasteiger partial charge in [0.1, 0.15) is 0 Å². The molecule has 1 aromatic rings. The maximum atomic E-state index is 6.34. The minimum absolute atomic E-state index is 0.0370. The third-order valence-electron chi connectivity index (χ3n) is 3.88. The van der Waals surface area contributed by atoms with E-state index < -0.39 is 0 Å². The van der Waals surface area contributed by atoms with Gasteiger partial charge in [-0.1, -0.05) is 6.07 Å². The van der Waals surface area contributed by atoms with E-state index in [-0.39, 0.29) is 6.04 Å². The third-order valence-corrected chi connectivity index (χ3v) is 5.37. The zero-order valence-corrected chi connectivity index (χ0v) is 13.1. The Balaban J connectivity index is 1.58. The molecule has 1 aromatic carbocycles. The number of benzene rings is 1. The summed E-state index contributed by atoms with van der Waals surface area (Å²) in [6.07, 6.45) is 3.20. The fourth-order valence-electron chi connectivity index (χ4n) is 2.59. The number of rotatable bonds is 4. The normalized spacial score (nSPS) is 20.8. The largest absolute Gasteiger partial charge is 0.490 e. The van der Waals surface area contributed by atoms with Crippen LogP contribution in [0.25, 0.3) is 0 Å². The van der Waals surface area contributed by atoms with Gasteiger partial charge >= 0.3 is 0 Å². The van der Waals surface area contributed by atoms with Crippen LogP contribution in [0.4, 0.5) is 0 Å². The van der Waals surface area contributed by atoms with Crippen LogP contribution in [0.2, 0.25) is 0 Å². The molecule has 0 radical (unpaired) electrons. The summed E-state index contributed by atoms with van der Waals surface area (Å²) in [5, 5.41) is 0.685. The van der Waals surface area contributed by atoms with Crippen LogP contribution in [-0.2, 0) is 4.74 Å². The first-order chi connectivity index (χ1) is 10.3. The van der Waals surface area contributed by atoms with Crippen molar-refractivity contribution in [1.82, 2.24) is 0 Å². The Morgan fingerprint density at radius 2 is 1.86 bits per heavy atom. The lowest BCUT2D eigenvalue weighted by Gasteiger charge is -2.23. The zero-order valence-electron chi connectivity index (χ0n) is 12.3. The predicted molar refractivity (Wildman–Crippen MR) is 85.3 cm³/mol. The van der Waals surface area contributed by atoms with Crippen LogP contribution >= 0.6 is 11.8 Å². The van der Waals surface area contributed by atoms with Crippen molar-refractivity contribution in [3.63, 3.8) is 0 Å². The molecule has 116 valence electrons. The molecule has 0 amide bonds. The van der Waals surface area contributed by atoms with Gasteiger partial charge in [0.15, 0.2) is 11.5 Å². The summed E-state index contributed by atoms with van der Waals surface area (Å²) in [4.78, 5) is 0. The van der Waals surface area contributed by atoms with Gasteiger partial charge in [-0.15, -0.1) is 0 Å². The van der Waals surface area contributed by atoms with E-state index in [1.54, 1.807) is 0 Å². The molecule has 1 saturated heterocycles. The second-order valence-electron chi connectivity index (χ2n) is 5.51. The minimum atomic E-state index is 0.0370. The molecule has 3 rings (SSSR count). The number of hydrogen-bond acceptors (Lipinski definition) is 5. The SMILES string of the molecule is NC(CSC1CCOCC1)c1ccc2c(c1)OCCCO2. The van der Waals surface area contributed by atoms with Crippen molar-refractivity contribution in [3.8, 4) is 11.5 Å². The average Bonchev–Trinajstić information content (AvgIpc) is 2.78. The number of nitrogens with two attached hydrogens (primary N) is 1. The summed E-state index contributed by atoms with van der Waals surface area (Å²) in [5.74, 6) is 2.60. The number of thioether (sulfide) groups is 1. The lowest BCUT2D eigenvalue weighted by atomic mass is 10.1. The molecule has 0 aliphatic carbocycles. The molecular weight excluding hydrogens is 286 g/mol. The Kier molecular flexibility index (Phi) is 5.27. The second kappa shape index (κ2) is 7.38. The van der Waals surface area contributed by atoms with E-state index in [1.807, 2.05) is 23.9 Å². The molecule has 0 aromatic heterocycles. The Bertz CT molecular complexity index is 463. The average molecular weight is 309 g/mol. The molecule has 0 saturated carbocycles. The Labute approximate surface area is 130 Å². The smallest absolute Gasteiger partial charge is 0.161 e. The summed E-state index contributed by atoms with van der Waals surface area (Å²) in [5.41, 5.74) is 7.46. The summed E-state index contributed by atoms with van der Waals surface area (Å²) >= 11 is 1.96. The first-order valence-corrected chi connectivity index (χ1v) is 8.72. The van der Waals surface area contributed by atoms with Crippen LogP contribution in [0.15, 0.2) is 18.2 Å². The molecule has 1 atom stereocenters. The standard InChI is InChI=1S/C16H23NO3S/c17-14(11-21-13-4-8-18-9-5-13)12-2-3-15-16(10-12)20-7-1-6-19-15/h2-3,10,13-14H,1,4-9,11,17H2. The van der Waals surface area contributed by atoms with Gasteiger partial charge in [0.2, 0.25) is 0 Å². The molecule has 21 heavy (non-hydrogen) atoms. The van der Waals surface area contributed by atoms with E-state index in [0.717, 1.165) is 61.9 Å². The monoisotopic (exact) mass is 309 g/mol. The third kappa shape index (κ3) is 4.05. The van der Waals surface area contributed by atoms with Gasteiger partial charge in [0, 0.05) is 36.7 Å². The maximum Gasteiger partial charge on any atom is 0.161 e. The molecule has 2 N–H and O–H groups in total. The molecule has 2 aliphatic heterocycles. The number of fused-ring (bicyclic) bond motifs is 1. The van der Waals surface area contributed by atoms with Crippen molar-refractivity contribution in [2.75, 3.05) is 32.2 Å². The summed E-state index contributed by atoms with van der Waals surface area (Å²) in [7, 11) is 0. The Hall–Kier alpha value is -0.910. The lowest BCUT2D eigenvalue weighted by Crippen LogP contribution is -2.21.